The number of benzene rings is 8. The van der Waals surface area contributed by atoms with Gasteiger partial charge in [0.1, 0.15) is 22.3 Å². The van der Waals surface area contributed by atoms with Crippen LogP contribution >= 0.6 is 0 Å². The topological polar surface area (TPSA) is 69.9 Å². The Labute approximate surface area is 344 Å². The lowest BCUT2D eigenvalue weighted by Crippen LogP contribution is -2.14. The predicted octanol–water partition coefficient (Wildman–Crippen LogP) is 14.1. The molecule has 0 spiro atoms. The van der Waals surface area contributed by atoms with Crippen molar-refractivity contribution in [1.29, 1.82) is 0 Å². The highest BCUT2D eigenvalue weighted by Crippen LogP contribution is 2.51. The molecule has 4 heterocycles. The number of rotatable bonds is 4. The molecule has 6 heteroatoms. The van der Waals surface area contributed by atoms with E-state index in [9.17, 15) is 0 Å². The molecule has 0 aliphatic heterocycles. The van der Waals surface area contributed by atoms with E-state index in [0.29, 0.717) is 17.5 Å². The van der Waals surface area contributed by atoms with Crippen LogP contribution in [-0.2, 0) is 5.41 Å². The largest absolute Gasteiger partial charge is 0.456 e. The Morgan fingerprint density at radius 3 is 1.83 bits per heavy atom. The zero-order valence-corrected chi connectivity index (χ0v) is 32.8. The van der Waals surface area contributed by atoms with Crippen LogP contribution in [0.3, 0.4) is 0 Å². The van der Waals surface area contributed by atoms with Gasteiger partial charge >= 0.3 is 0 Å². The summed E-state index contributed by atoms with van der Waals surface area (Å²) in [5.41, 5.74) is 14.5. The van der Waals surface area contributed by atoms with Crippen molar-refractivity contribution in [3.8, 4) is 51.0 Å². The van der Waals surface area contributed by atoms with Crippen LogP contribution < -0.4 is 0 Å². The maximum absolute atomic E-state index is 6.79. The van der Waals surface area contributed by atoms with Gasteiger partial charge in [0.15, 0.2) is 17.5 Å². The Kier molecular flexibility index (Phi) is 6.69. The molecule has 282 valence electrons. The summed E-state index contributed by atoms with van der Waals surface area (Å²) in [5.74, 6) is 1.80. The number of furan rings is 2. The summed E-state index contributed by atoms with van der Waals surface area (Å²) in [6.07, 6.45) is 0. The highest BCUT2D eigenvalue weighted by Gasteiger charge is 2.36. The second-order valence-corrected chi connectivity index (χ2v) is 16.4. The van der Waals surface area contributed by atoms with Crippen LogP contribution in [0.5, 0.6) is 0 Å². The van der Waals surface area contributed by atoms with Gasteiger partial charge in [0.25, 0.3) is 0 Å². The molecule has 4 aromatic heterocycles. The molecule has 12 aromatic rings. The highest BCUT2D eigenvalue weighted by molar-refractivity contribution is 6.18. The third kappa shape index (κ3) is 4.67. The molecule has 0 fully saturated rings. The van der Waals surface area contributed by atoms with Crippen LogP contribution in [0, 0.1) is 0 Å². The van der Waals surface area contributed by atoms with Crippen LogP contribution in [0.25, 0.3) is 117 Å². The molecule has 0 saturated carbocycles. The van der Waals surface area contributed by atoms with Crippen molar-refractivity contribution in [3.05, 3.63) is 181 Å². The monoisotopic (exact) mass is 770 g/mol. The van der Waals surface area contributed by atoms with Crippen molar-refractivity contribution < 1.29 is 8.83 Å². The second-order valence-electron chi connectivity index (χ2n) is 16.4. The molecule has 0 atom stereocenters. The molecule has 0 radical (unpaired) electrons. The lowest BCUT2D eigenvalue weighted by molar-refractivity contribution is 0.661. The van der Waals surface area contributed by atoms with Gasteiger partial charge in [0.05, 0.1) is 11.0 Å². The molecule has 60 heavy (non-hydrogen) atoms. The van der Waals surface area contributed by atoms with Crippen molar-refractivity contribution >= 4 is 65.7 Å². The molecule has 1 aliphatic carbocycles. The van der Waals surface area contributed by atoms with Crippen LogP contribution in [0.1, 0.15) is 25.0 Å². The van der Waals surface area contributed by atoms with E-state index in [2.05, 4.69) is 115 Å². The lowest BCUT2D eigenvalue weighted by atomic mass is 9.82. The van der Waals surface area contributed by atoms with Crippen molar-refractivity contribution in [1.82, 2.24) is 19.5 Å². The zero-order valence-electron chi connectivity index (χ0n) is 32.8. The molecular weight excluding hydrogens is 737 g/mol. The SMILES string of the molecule is CC1(C)c2ccccc2-c2cc3c4ccccc4n(-c4ccc5c(c4)oc4cc6c(cc45)oc4cccc(-c5nc(-c7ccccc7)nc(-c7ccccc7)n5)c46)c3cc21. The van der Waals surface area contributed by atoms with Gasteiger partial charge in [-0.2, -0.15) is 0 Å². The lowest BCUT2D eigenvalue weighted by Gasteiger charge is -2.21. The Bertz CT molecular complexity index is 3690. The summed E-state index contributed by atoms with van der Waals surface area (Å²) in [6.45, 7) is 4.68. The van der Waals surface area contributed by atoms with Gasteiger partial charge in [-0.1, -0.05) is 129 Å². The fraction of sp³-hybridized carbons (Fsp3) is 0.0556. The standard InChI is InChI=1S/C54H34N4O2/c1-54(2)42-21-11-9-18-34(42)38-27-39-35-19-10-12-22-44(35)58(45(39)30-43(38)54)33-24-25-36-40-28-49-41(29-48(40)60-47(36)26-33)50-37(20-13-23-46(50)59-49)53-56-51(31-14-5-3-6-15-31)55-52(57-53)32-16-7-4-8-17-32/h3-30H,1-2H3. The first-order valence-corrected chi connectivity index (χ1v) is 20.3. The molecule has 0 N–H and O–H groups in total. The van der Waals surface area contributed by atoms with Gasteiger partial charge in [-0.3, -0.25) is 0 Å². The normalized spacial score (nSPS) is 13.3. The summed E-state index contributed by atoms with van der Waals surface area (Å²) in [6, 6.07) is 59.4. The molecule has 0 amide bonds. The van der Waals surface area contributed by atoms with E-state index in [1.54, 1.807) is 0 Å². The minimum atomic E-state index is -0.108. The molecule has 6 nitrogen and oxygen atoms in total. The average Bonchev–Trinajstić information content (AvgIpc) is 4.01. The van der Waals surface area contributed by atoms with Gasteiger partial charge in [-0.25, -0.2) is 15.0 Å². The van der Waals surface area contributed by atoms with E-state index in [-0.39, 0.29) is 5.41 Å². The van der Waals surface area contributed by atoms with E-state index < -0.39 is 0 Å². The number of aromatic nitrogens is 4. The molecule has 8 aromatic carbocycles. The quantitative estimate of drug-likeness (QED) is 0.178. The van der Waals surface area contributed by atoms with Crippen LogP contribution in [-0.4, -0.2) is 19.5 Å². The third-order valence-electron chi connectivity index (χ3n) is 12.6. The summed E-state index contributed by atoms with van der Waals surface area (Å²) in [5, 5.41) is 6.39. The van der Waals surface area contributed by atoms with Gasteiger partial charge in [0.2, 0.25) is 0 Å². The smallest absolute Gasteiger partial charge is 0.164 e. The van der Waals surface area contributed by atoms with Gasteiger partial charge < -0.3 is 13.4 Å². The van der Waals surface area contributed by atoms with Gasteiger partial charge in [-0.05, 0) is 70.8 Å². The predicted molar refractivity (Wildman–Crippen MR) is 243 cm³/mol. The fourth-order valence-corrected chi connectivity index (χ4v) is 9.78. The van der Waals surface area contributed by atoms with E-state index >= 15 is 0 Å². The van der Waals surface area contributed by atoms with E-state index in [0.717, 1.165) is 66.3 Å². The Morgan fingerprint density at radius 1 is 0.400 bits per heavy atom. The van der Waals surface area contributed by atoms with Gasteiger partial charge in [-0.15, -0.1) is 0 Å². The summed E-state index contributed by atoms with van der Waals surface area (Å²) >= 11 is 0. The summed E-state index contributed by atoms with van der Waals surface area (Å²) in [7, 11) is 0. The molecule has 1 aliphatic rings. The summed E-state index contributed by atoms with van der Waals surface area (Å²) in [4.78, 5) is 15.0. The van der Waals surface area contributed by atoms with Crippen molar-refractivity contribution in [2.24, 2.45) is 0 Å². The molecule has 0 bridgehead atoms. The third-order valence-corrected chi connectivity index (χ3v) is 12.6. The van der Waals surface area contributed by atoms with Gasteiger partial charge in [0, 0.05) is 66.2 Å². The second kappa shape index (κ2) is 12.1. The maximum atomic E-state index is 6.79. The number of nitrogens with zero attached hydrogens (tertiary/aromatic N) is 4. The number of para-hydroxylation sites is 1. The van der Waals surface area contributed by atoms with Crippen molar-refractivity contribution in [3.63, 3.8) is 0 Å². The van der Waals surface area contributed by atoms with Crippen LogP contribution in [0.15, 0.2) is 179 Å². The first-order valence-electron chi connectivity index (χ1n) is 20.3. The molecule has 13 rings (SSSR count). The first-order chi connectivity index (χ1) is 29.5. The number of hydrogen-bond donors (Lipinski definition) is 0. The Morgan fingerprint density at radius 2 is 1.03 bits per heavy atom. The van der Waals surface area contributed by atoms with E-state index in [4.69, 9.17) is 23.8 Å². The minimum absolute atomic E-state index is 0.108. The Balaban J connectivity index is 0.988. The first kappa shape index (κ1) is 33.2. The maximum Gasteiger partial charge on any atom is 0.164 e. The fourth-order valence-electron chi connectivity index (χ4n) is 9.78. The zero-order chi connectivity index (χ0) is 39.7. The van der Waals surface area contributed by atoms with E-state index in [1.807, 2.05) is 72.8 Å². The summed E-state index contributed by atoms with van der Waals surface area (Å²) < 4.78 is 15.8. The van der Waals surface area contributed by atoms with Crippen LogP contribution in [0.4, 0.5) is 0 Å². The highest BCUT2D eigenvalue weighted by atomic mass is 16.3. The van der Waals surface area contributed by atoms with Crippen molar-refractivity contribution in [2.45, 2.75) is 19.3 Å². The van der Waals surface area contributed by atoms with Crippen LogP contribution in [0.2, 0.25) is 0 Å². The average molecular weight is 771 g/mol. The Hall–Kier alpha value is -7.83. The van der Waals surface area contributed by atoms with Crippen molar-refractivity contribution in [2.75, 3.05) is 0 Å². The van der Waals surface area contributed by atoms with E-state index in [1.165, 1.54) is 44.1 Å². The number of hydrogen-bond acceptors (Lipinski definition) is 5. The molecular formula is C54H34N4O2. The molecule has 0 unspecified atom stereocenters. The number of fused-ring (bicyclic) bond motifs is 12. The minimum Gasteiger partial charge on any atom is -0.456 e. The molecule has 0 saturated heterocycles.